The molecule has 6 heteroatoms. The minimum atomic E-state index is -3.60. The van der Waals surface area contributed by atoms with E-state index < -0.39 is 10.0 Å². The Morgan fingerprint density at radius 3 is 2.12 bits per heavy atom. The van der Waals surface area contributed by atoms with Gasteiger partial charge in [-0.05, 0) is 60.9 Å². The maximum Gasteiger partial charge on any atom is 0.261 e. The molecule has 2 aromatic carbocycles. The molecule has 1 N–H and O–H groups in total. The Balaban J connectivity index is 1.78. The predicted molar refractivity (Wildman–Crippen MR) is 99.6 cm³/mol. The fourth-order valence-electron chi connectivity index (χ4n) is 2.49. The summed E-state index contributed by atoms with van der Waals surface area (Å²) >= 11 is 0. The van der Waals surface area contributed by atoms with E-state index in [1.54, 1.807) is 28.9 Å². The predicted octanol–water partition coefficient (Wildman–Crippen LogP) is 4.10. The van der Waals surface area contributed by atoms with Crippen LogP contribution in [0.25, 0.3) is 5.69 Å². The summed E-state index contributed by atoms with van der Waals surface area (Å²) in [5.41, 5.74) is 3.42. The molecule has 0 aliphatic carbocycles. The van der Waals surface area contributed by atoms with Gasteiger partial charge in [0.1, 0.15) is 0 Å². The number of anilines is 1. The fraction of sp³-hybridized carbons (Fsp3) is 0.211. The average Bonchev–Trinajstić information content (AvgIpc) is 3.02. The van der Waals surface area contributed by atoms with Gasteiger partial charge < -0.3 is 0 Å². The van der Waals surface area contributed by atoms with Crippen molar-refractivity contribution in [2.45, 2.75) is 31.6 Å². The molecule has 0 radical (unpaired) electrons. The highest BCUT2D eigenvalue weighted by Gasteiger charge is 2.14. The van der Waals surface area contributed by atoms with Crippen LogP contribution in [-0.2, 0) is 10.0 Å². The molecule has 3 aromatic rings. The Labute approximate surface area is 148 Å². The van der Waals surface area contributed by atoms with Crippen LogP contribution in [0.2, 0.25) is 0 Å². The summed E-state index contributed by atoms with van der Waals surface area (Å²) in [6.45, 7) is 6.07. The van der Waals surface area contributed by atoms with Crippen molar-refractivity contribution in [2.75, 3.05) is 4.72 Å². The summed E-state index contributed by atoms with van der Waals surface area (Å²) < 4.78 is 29.4. The van der Waals surface area contributed by atoms with Gasteiger partial charge in [-0.3, -0.25) is 4.72 Å². The van der Waals surface area contributed by atoms with E-state index in [1.165, 1.54) is 0 Å². The molecule has 0 aliphatic heterocycles. The van der Waals surface area contributed by atoms with E-state index in [0.29, 0.717) is 11.6 Å². The minimum absolute atomic E-state index is 0.253. The van der Waals surface area contributed by atoms with Crippen LogP contribution in [0, 0.1) is 6.92 Å². The zero-order valence-electron chi connectivity index (χ0n) is 14.5. The maximum absolute atomic E-state index is 12.5. The van der Waals surface area contributed by atoms with Gasteiger partial charge in [-0.2, -0.15) is 5.10 Å². The number of benzene rings is 2. The van der Waals surface area contributed by atoms with Gasteiger partial charge in [0, 0.05) is 11.9 Å². The van der Waals surface area contributed by atoms with Crippen molar-refractivity contribution in [1.82, 2.24) is 9.78 Å². The van der Waals surface area contributed by atoms with Gasteiger partial charge in [0.2, 0.25) is 0 Å². The van der Waals surface area contributed by atoms with Crippen molar-refractivity contribution < 1.29 is 8.42 Å². The fourth-order valence-corrected chi connectivity index (χ4v) is 3.55. The van der Waals surface area contributed by atoms with Crippen molar-refractivity contribution in [3.63, 3.8) is 0 Å². The SMILES string of the molecule is Cc1ccn(-c2ccc(NS(=O)(=O)c3ccc(C(C)C)cc3)cc2)n1. The van der Waals surface area contributed by atoms with E-state index in [9.17, 15) is 8.42 Å². The second-order valence-electron chi connectivity index (χ2n) is 6.28. The van der Waals surface area contributed by atoms with Crippen LogP contribution in [0.3, 0.4) is 0 Å². The number of nitrogens with one attached hydrogen (secondary N) is 1. The Morgan fingerprint density at radius 2 is 1.60 bits per heavy atom. The van der Waals surface area contributed by atoms with Gasteiger partial charge in [-0.15, -0.1) is 0 Å². The topological polar surface area (TPSA) is 64.0 Å². The number of rotatable bonds is 5. The van der Waals surface area contributed by atoms with Crippen LogP contribution in [-0.4, -0.2) is 18.2 Å². The first kappa shape index (κ1) is 17.2. The lowest BCUT2D eigenvalue weighted by molar-refractivity contribution is 0.601. The molecule has 0 aliphatic rings. The van der Waals surface area contributed by atoms with E-state index in [4.69, 9.17) is 0 Å². The van der Waals surface area contributed by atoms with Crippen molar-refractivity contribution >= 4 is 15.7 Å². The highest BCUT2D eigenvalue weighted by atomic mass is 32.2. The molecule has 130 valence electrons. The first-order valence-electron chi connectivity index (χ1n) is 8.11. The van der Waals surface area contributed by atoms with E-state index in [1.807, 2.05) is 43.5 Å². The molecule has 0 amide bonds. The monoisotopic (exact) mass is 355 g/mol. The summed E-state index contributed by atoms with van der Waals surface area (Å²) in [5, 5.41) is 4.33. The smallest absolute Gasteiger partial charge is 0.261 e. The van der Waals surface area contributed by atoms with Crippen LogP contribution in [0.5, 0.6) is 0 Å². The summed E-state index contributed by atoms with van der Waals surface area (Å²) in [5.74, 6) is 0.364. The lowest BCUT2D eigenvalue weighted by Crippen LogP contribution is -2.13. The Bertz CT molecular complexity index is 957. The van der Waals surface area contributed by atoms with Crippen LogP contribution in [0.4, 0.5) is 5.69 Å². The molecule has 1 aromatic heterocycles. The number of hydrogen-bond acceptors (Lipinski definition) is 3. The number of nitrogens with zero attached hydrogens (tertiary/aromatic N) is 2. The molecule has 0 spiro atoms. The summed E-state index contributed by atoms with van der Waals surface area (Å²) in [6, 6.07) is 16.0. The van der Waals surface area contributed by atoms with Crippen molar-refractivity contribution in [3.8, 4) is 5.69 Å². The van der Waals surface area contributed by atoms with Crippen molar-refractivity contribution in [2.24, 2.45) is 0 Å². The van der Waals surface area contributed by atoms with Gasteiger partial charge in [-0.25, -0.2) is 13.1 Å². The second kappa shape index (κ2) is 6.72. The molecule has 0 unspecified atom stereocenters. The van der Waals surface area contributed by atoms with Gasteiger partial charge >= 0.3 is 0 Å². The van der Waals surface area contributed by atoms with Gasteiger partial charge in [-0.1, -0.05) is 26.0 Å². The first-order valence-corrected chi connectivity index (χ1v) is 9.59. The summed E-state index contributed by atoms with van der Waals surface area (Å²) in [6.07, 6.45) is 1.87. The molecule has 3 rings (SSSR count). The number of hydrogen-bond donors (Lipinski definition) is 1. The standard InChI is InChI=1S/C19H21N3O2S/c1-14(2)16-4-10-19(11-5-16)25(23,24)21-17-6-8-18(9-7-17)22-13-12-15(3)20-22/h4-14,21H,1-3H3. The summed E-state index contributed by atoms with van der Waals surface area (Å²) in [7, 11) is -3.60. The third kappa shape index (κ3) is 3.91. The molecule has 0 atom stereocenters. The zero-order valence-corrected chi connectivity index (χ0v) is 15.3. The molecular weight excluding hydrogens is 334 g/mol. The van der Waals surface area contributed by atoms with E-state index in [-0.39, 0.29) is 4.90 Å². The molecule has 1 heterocycles. The van der Waals surface area contributed by atoms with E-state index in [2.05, 4.69) is 23.7 Å². The molecule has 5 nitrogen and oxygen atoms in total. The zero-order chi connectivity index (χ0) is 18.0. The number of aryl methyl sites for hydroxylation is 1. The first-order chi connectivity index (χ1) is 11.8. The molecule has 0 fully saturated rings. The van der Waals surface area contributed by atoms with Crippen LogP contribution >= 0.6 is 0 Å². The van der Waals surface area contributed by atoms with E-state index >= 15 is 0 Å². The van der Waals surface area contributed by atoms with Crippen LogP contribution in [0.1, 0.15) is 31.0 Å². The molecule has 0 saturated heterocycles. The Hall–Kier alpha value is -2.60. The number of sulfonamides is 1. The lowest BCUT2D eigenvalue weighted by Gasteiger charge is -2.10. The number of aromatic nitrogens is 2. The van der Waals surface area contributed by atoms with Crippen molar-refractivity contribution in [1.29, 1.82) is 0 Å². The van der Waals surface area contributed by atoms with Crippen LogP contribution in [0.15, 0.2) is 65.7 Å². The average molecular weight is 355 g/mol. The van der Waals surface area contributed by atoms with Gasteiger partial charge in [0.25, 0.3) is 10.0 Å². The van der Waals surface area contributed by atoms with Crippen LogP contribution < -0.4 is 4.72 Å². The largest absolute Gasteiger partial charge is 0.280 e. The molecular formula is C19H21N3O2S. The third-order valence-corrected chi connectivity index (χ3v) is 5.36. The highest BCUT2D eigenvalue weighted by Crippen LogP contribution is 2.20. The summed E-state index contributed by atoms with van der Waals surface area (Å²) in [4.78, 5) is 0.253. The minimum Gasteiger partial charge on any atom is -0.280 e. The van der Waals surface area contributed by atoms with Gasteiger partial charge in [0.05, 0.1) is 16.3 Å². The highest BCUT2D eigenvalue weighted by molar-refractivity contribution is 7.92. The lowest BCUT2D eigenvalue weighted by atomic mass is 10.0. The second-order valence-corrected chi connectivity index (χ2v) is 7.96. The van der Waals surface area contributed by atoms with Gasteiger partial charge in [0.15, 0.2) is 0 Å². The Morgan fingerprint density at radius 1 is 0.960 bits per heavy atom. The maximum atomic E-state index is 12.5. The normalized spacial score (nSPS) is 11.7. The van der Waals surface area contributed by atoms with E-state index in [0.717, 1.165) is 16.9 Å². The quantitative estimate of drug-likeness (QED) is 0.749. The molecule has 0 saturated carbocycles. The molecule has 0 bridgehead atoms. The molecule has 25 heavy (non-hydrogen) atoms. The van der Waals surface area contributed by atoms with Crippen molar-refractivity contribution in [3.05, 3.63) is 72.1 Å². The Kier molecular flexibility index (Phi) is 4.63. The third-order valence-electron chi connectivity index (χ3n) is 3.96.